The van der Waals surface area contributed by atoms with Crippen molar-refractivity contribution in [2.75, 3.05) is 18.9 Å². The van der Waals surface area contributed by atoms with Crippen molar-refractivity contribution in [3.8, 4) is 11.3 Å². The van der Waals surface area contributed by atoms with Gasteiger partial charge in [-0.3, -0.25) is 9.69 Å². The minimum absolute atomic E-state index is 0.124. The second-order valence-electron chi connectivity index (χ2n) is 7.22. The highest BCUT2D eigenvalue weighted by Gasteiger charge is 2.16. The number of hydrogen-bond donors (Lipinski definition) is 1. The maximum Gasteiger partial charge on any atom is 0.238 e. The Hall–Kier alpha value is -2.64. The molecule has 1 heterocycles. The molecule has 0 aliphatic heterocycles. The highest BCUT2D eigenvalue weighted by atomic mass is 32.1. The van der Waals surface area contributed by atoms with Gasteiger partial charge in [0.2, 0.25) is 5.91 Å². The van der Waals surface area contributed by atoms with Crippen LogP contribution in [0.2, 0.25) is 0 Å². The van der Waals surface area contributed by atoms with Crippen LogP contribution < -0.4 is 5.32 Å². The molecule has 0 unspecified atom stereocenters. The number of rotatable bonds is 6. The lowest BCUT2D eigenvalue weighted by atomic mass is 10.1. The van der Waals surface area contributed by atoms with Crippen molar-refractivity contribution >= 4 is 22.9 Å². The van der Waals surface area contributed by atoms with Gasteiger partial charge in [0.05, 0.1) is 24.3 Å². The fourth-order valence-corrected chi connectivity index (χ4v) is 4.19. The Morgan fingerprint density at radius 1 is 1.14 bits per heavy atom. The van der Waals surface area contributed by atoms with Crippen molar-refractivity contribution < 1.29 is 13.6 Å². The van der Waals surface area contributed by atoms with Gasteiger partial charge in [-0.25, -0.2) is 13.8 Å². The van der Waals surface area contributed by atoms with Crippen molar-refractivity contribution in [1.29, 1.82) is 0 Å². The van der Waals surface area contributed by atoms with Crippen LogP contribution in [0, 0.1) is 32.4 Å². The van der Waals surface area contributed by atoms with Crippen molar-refractivity contribution in [3.05, 3.63) is 69.0 Å². The van der Waals surface area contributed by atoms with E-state index >= 15 is 0 Å². The van der Waals surface area contributed by atoms with Crippen LogP contribution in [0.25, 0.3) is 11.3 Å². The lowest BCUT2D eigenvalue weighted by Crippen LogP contribution is -2.30. The van der Waals surface area contributed by atoms with E-state index in [0.717, 1.165) is 22.4 Å². The summed E-state index contributed by atoms with van der Waals surface area (Å²) < 4.78 is 27.9. The van der Waals surface area contributed by atoms with Crippen LogP contribution in [-0.4, -0.2) is 29.4 Å². The van der Waals surface area contributed by atoms with Gasteiger partial charge in [0.25, 0.3) is 0 Å². The number of nitrogens with one attached hydrogen (secondary N) is 1. The van der Waals surface area contributed by atoms with Crippen molar-refractivity contribution in [3.63, 3.8) is 0 Å². The van der Waals surface area contributed by atoms with Gasteiger partial charge in [0.1, 0.15) is 16.6 Å². The van der Waals surface area contributed by atoms with Gasteiger partial charge in [0.15, 0.2) is 0 Å². The average Bonchev–Trinajstić information content (AvgIpc) is 3.05. The van der Waals surface area contributed by atoms with E-state index in [-0.39, 0.29) is 23.7 Å². The number of halogens is 2. The van der Waals surface area contributed by atoms with Crippen molar-refractivity contribution in [1.82, 2.24) is 9.88 Å². The molecule has 7 heteroatoms. The Morgan fingerprint density at radius 2 is 1.76 bits per heavy atom. The number of anilines is 1. The molecular weight excluding hydrogens is 392 g/mol. The third-order valence-corrected chi connectivity index (χ3v) is 5.36. The number of carbonyl (C=O) groups excluding carboxylic acids is 1. The molecule has 1 amide bonds. The lowest BCUT2D eigenvalue weighted by Gasteiger charge is -2.17. The van der Waals surface area contributed by atoms with Crippen LogP contribution in [0.3, 0.4) is 0 Å². The summed E-state index contributed by atoms with van der Waals surface area (Å²) in [6.07, 6.45) is 0. The highest BCUT2D eigenvalue weighted by Crippen LogP contribution is 2.27. The van der Waals surface area contributed by atoms with E-state index in [0.29, 0.717) is 11.6 Å². The molecule has 0 spiro atoms. The number of carbonyl (C=O) groups is 1. The number of aromatic nitrogens is 1. The largest absolute Gasteiger partial charge is 0.324 e. The smallest absolute Gasteiger partial charge is 0.238 e. The summed E-state index contributed by atoms with van der Waals surface area (Å²) in [6, 6.07) is 7.81. The molecule has 2 aromatic carbocycles. The normalized spacial score (nSPS) is 11.1. The molecule has 0 atom stereocenters. The molecule has 1 aromatic heterocycles. The lowest BCUT2D eigenvalue weighted by molar-refractivity contribution is -0.117. The fourth-order valence-electron chi connectivity index (χ4n) is 3.33. The third-order valence-electron chi connectivity index (χ3n) is 4.53. The molecule has 3 aromatic rings. The monoisotopic (exact) mass is 415 g/mol. The molecule has 0 saturated carbocycles. The zero-order valence-electron chi connectivity index (χ0n) is 16.8. The summed E-state index contributed by atoms with van der Waals surface area (Å²) in [4.78, 5) is 18.6. The van der Waals surface area contributed by atoms with Crippen LogP contribution >= 0.6 is 11.3 Å². The number of hydrogen-bond acceptors (Lipinski definition) is 4. The second kappa shape index (κ2) is 8.80. The quantitative estimate of drug-likeness (QED) is 0.610. The summed E-state index contributed by atoms with van der Waals surface area (Å²) in [5.74, 6) is -1.41. The molecule has 152 valence electrons. The van der Waals surface area contributed by atoms with E-state index in [1.165, 1.54) is 29.5 Å². The third kappa shape index (κ3) is 5.05. The van der Waals surface area contributed by atoms with Crippen LogP contribution in [0.4, 0.5) is 14.5 Å². The van der Waals surface area contributed by atoms with Gasteiger partial charge in [0, 0.05) is 11.1 Å². The van der Waals surface area contributed by atoms with Crippen LogP contribution in [0.15, 0.2) is 35.7 Å². The first-order valence-corrected chi connectivity index (χ1v) is 10.1. The van der Waals surface area contributed by atoms with E-state index < -0.39 is 11.6 Å². The Balaban J connectivity index is 1.64. The highest BCUT2D eigenvalue weighted by molar-refractivity contribution is 7.09. The molecule has 4 nitrogen and oxygen atoms in total. The molecule has 0 bridgehead atoms. The first-order valence-electron chi connectivity index (χ1n) is 9.19. The standard InChI is InChI=1S/C22H23F2N3OS/c1-13-8-14(2)22(15(3)9-13)26-19(28)10-27(4)11-20-25-18(12-29-20)21-16(23)6-5-7-17(21)24/h5-9,12H,10-11H2,1-4H3,(H,26,28). The summed E-state index contributed by atoms with van der Waals surface area (Å²) in [6.45, 7) is 6.54. The van der Waals surface area contributed by atoms with Gasteiger partial charge in [-0.05, 0) is 51.1 Å². The fraction of sp³-hybridized carbons (Fsp3) is 0.273. The van der Waals surface area contributed by atoms with Crippen molar-refractivity contribution in [2.24, 2.45) is 0 Å². The molecule has 0 saturated heterocycles. The number of likely N-dealkylation sites (N-methyl/N-ethyl adjacent to an activating group) is 1. The number of benzene rings is 2. The Morgan fingerprint density at radius 3 is 2.38 bits per heavy atom. The maximum atomic E-state index is 13.9. The average molecular weight is 416 g/mol. The molecule has 0 aliphatic rings. The summed E-state index contributed by atoms with van der Waals surface area (Å²) in [5, 5.41) is 5.28. The van der Waals surface area contributed by atoms with E-state index in [1.54, 1.807) is 12.4 Å². The first-order chi connectivity index (χ1) is 13.7. The zero-order chi connectivity index (χ0) is 21.1. The molecule has 1 N–H and O–H groups in total. The molecule has 0 radical (unpaired) electrons. The minimum Gasteiger partial charge on any atom is -0.324 e. The van der Waals surface area contributed by atoms with E-state index in [4.69, 9.17) is 0 Å². The predicted octanol–water partition coefficient (Wildman–Crippen LogP) is 5.08. The van der Waals surface area contributed by atoms with Gasteiger partial charge < -0.3 is 5.32 Å². The SMILES string of the molecule is Cc1cc(C)c(NC(=O)CN(C)Cc2nc(-c3c(F)cccc3F)cs2)c(C)c1. The summed E-state index contributed by atoms with van der Waals surface area (Å²) in [5.41, 5.74) is 4.18. The van der Waals surface area contributed by atoms with E-state index in [2.05, 4.69) is 10.3 Å². The topological polar surface area (TPSA) is 45.2 Å². The Bertz CT molecular complexity index is 1010. The van der Waals surface area contributed by atoms with Gasteiger partial charge >= 0.3 is 0 Å². The van der Waals surface area contributed by atoms with E-state index in [1.807, 2.05) is 37.8 Å². The van der Waals surface area contributed by atoms with Gasteiger partial charge in [-0.2, -0.15) is 0 Å². The summed E-state index contributed by atoms with van der Waals surface area (Å²) in [7, 11) is 1.80. The first kappa shape index (κ1) is 21.1. The van der Waals surface area contributed by atoms with Crippen LogP contribution in [0.1, 0.15) is 21.7 Å². The number of thiazole rings is 1. The van der Waals surface area contributed by atoms with Gasteiger partial charge in [-0.15, -0.1) is 11.3 Å². The van der Waals surface area contributed by atoms with E-state index in [9.17, 15) is 13.6 Å². The molecule has 3 rings (SSSR count). The van der Waals surface area contributed by atoms with Crippen LogP contribution in [0.5, 0.6) is 0 Å². The summed E-state index contributed by atoms with van der Waals surface area (Å²) >= 11 is 1.31. The zero-order valence-corrected chi connectivity index (χ0v) is 17.7. The molecule has 0 fully saturated rings. The maximum absolute atomic E-state index is 13.9. The molecular formula is C22H23F2N3OS. The number of nitrogens with zero attached hydrogens (tertiary/aromatic N) is 2. The Labute approximate surface area is 173 Å². The Kier molecular flexibility index (Phi) is 6.39. The van der Waals surface area contributed by atoms with Crippen molar-refractivity contribution in [2.45, 2.75) is 27.3 Å². The van der Waals surface area contributed by atoms with Crippen LogP contribution in [-0.2, 0) is 11.3 Å². The second-order valence-corrected chi connectivity index (χ2v) is 8.16. The minimum atomic E-state index is -0.640. The predicted molar refractivity (Wildman–Crippen MR) is 113 cm³/mol. The number of amides is 1. The molecule has 0 aliphatic carbocycles. The van der Waals surface area contributed by atoms with Gasteiger partial charge in [-0.1, -0.05) is 23.8 Å². The molecule has 29 heavy (non-hydrogen) atoms. The number of aryl methyl sites for hydroxylation is 3.